The smallest absolute Gasteiger partial charge is 0.290 e. The van der Waals surface area contributed by atoms with Crippen LogP contribution in [0.2, 0.25) is 0 Å². The molecule has 0 radical (unpaired) electrons. The molecule has 1 amide bonds. The summed E-state index contributed by atoms with van der Waals surface area (Å²) in [6, 6.07) is 9.42. The maximum atomic E-state index is 11.8. The van der Waals surface area contributed by atoms with Gasteiger partial charge in [0.1, 0.15) is 0 Å². The van der Waals surface area contributed by atoms with Crippen LogP contribution >= 0.6 is 0 Å². The van der Waals surface area contributed by atoms with Gasteiger partial charge in [0.15, 0.2) is 0 Å². The van der Waals surface area contributed by atoms with Crippen molar-refractivity contribution in [2.24, 2.45) is 0 Å². The molecule has 82 valence electrons. The van der Waals surface area contributed by atoms with Crippen LogP contribution in [-0.4, -0.2) is 29.7 Å². The van der Waals surface area contributed by atoms with E-state index in [1.54, 1.807) is 6.08 Å². The normalized spacial score (nSPS) is 20.2. The lowest BCUT2D eigenvalue weighted by Gasteiger charge is -2.12. The van der Waals surface area contributed by atoms with Crippen molar-refractivity contribution in [1.82, 2.24) is 4.90 Å². The average molecular weight is 215 g/mol. The van der Waals surface area contributed by atoms with Crippen LogP contribution in [0.3, 0.4) is 0 Å². The third-order valence-electron chi connectivity index (χ3n) is 2.77. The first kappa shape index (κ1) is 10.6. The van der Waals surface area contributed by atoms with Crippen LogP contribution in [0.5, 0.6) is 0 Å². The monoisotopic (exact) mass is 215 g/mol. The van der Waals surface area contributed by atoms with Crippen LogP contribution in [0.4, 0.5) is 0 Å². The zero-order chi connectivity index (χ0) is 11.5. The molecule has 3 nitrogen and oxygen atoms in total. The number of rotatable bonds is 3. The van der Waals surface area contributed by atoms with Crippen LogP contribution < -0.4 is 0 Å². The van der Waals surface area contributed by atoms with Gasteiger partial charge in [-0.15, -0.1) is 6.58 Å². The maximum Gasteiger partial charge on any atom is 0.290 e. The van der Waals surface area contributed by atoms with E-state index < -0.39 is 5.91 Å². The molecule has 16 heavy (non-hydrogen) atoms. The topological polar surface area (TPSA) is 37.4 Å². The third kappa shape index (κ3) is 1.76. The van der Waals surface area contributed by atoms with Crippen molar-refractivity contribution >= 4 is 11.7 Å². The number of amides is 1. The van der Waals surface area contributed by atoms with E-state index in [1.807, 2.05) is 30.3 Å². The number of benzene rings is 1. The van der Waals surface area contributed by atoms with Crippen LogP contribution in [0, 0.1) is 0 Å². The summed E-state index contributed by atoms with van der Waals surface area (Å²) in [5.41, 5.74) is 0.910. The van der Waals surface area contributed by atoms with Crippen molar-refractivity contribution in [3.8, 4) is 0 Å². The van der Waals surface area contributed by atoms with Crippen molar-refractivity contribution in [2.45, 2.75) is 5.92 Å². The standard InChI is InChI=1S/C13H13NO2/c1-2-8-14-9-11(12(15)13(14)16)10-6-4-3-5-7-10/h2-7,11H,1,8-9H2. The van der Waals surface area contributed by atoms with Crippen LogP contribution in [0.15, 0.2) is 43.0 Å². The third-order valence-corrected chi connectivity index (χ3v) is 2.77. The minimum absolute atomic E-state index is 0.311. The predicted molar refractivity (Wildman–Crippen MR) is 61.0 cm³/mol. The molecule has 1 saturated heterocycles. The number of carbonyl (C=O) groups excluding carboxylic acids is 2. The molecular formula is C13H13NO2. The zero-order valence-electron chi connectivity index (χ0n) is 8.93. The number of hydrogen-bond donors (Lipinski definition) is 0. The summed E-state index contributed by atoms with van der Waals surface area (Å²) < 4.78 is 0. The number of likely N-dealkylation sites (tertiary alicyclic amines) is 1. The quantitative estimate of drug-likeness (QED) is 0.564. The first-order chi connectivity index (χ1) is 7.74. The minimum Gasteiger partial charge on any atom is -0.331 e. The fraction of sp³-hybridized carbons (Fsp3) is 0.231. The molecule has 3 heteroatoms. The van der Waals surface area contributed by atoms with Gasteiger partial charge in [0, 0.05) is 13.1 Å². The molecule has 1 atom stereocenters. The number of carbonyl (C=O) groups is 2. The summed E-state index contributed by atoms with van der Waals surface area (Å²) >= 11 is 0. The molecule has 1 aliphatic rings. The molecule has 1 aliphatic heterocycles. The molecule has 2 rings (SSSR count). The summed E-state index contributed by atoms with van der Waals surface area (Å²) in [5, 5.41) is 0. The van der Waals surface area contributed by atoms with Crippen LogP contribution in [-0.2, 0) is 9.59 Å². The van der Waals surface area contributed by atoms with Gasteiger partial charge in [0.2, 0.25) is 5.78 Å². The van der Waals surface area contributed by atoms with E-state index >= 15 is 0 Å². The molecule has 0 saturated carbocycles. The van der Waals surface area contributed by atoms with Crippen LogP contribution in [0.1, 0.15) is 11.5 Å². The zero-order valence-corrected chi connectivity index (χ0v) is 8.93. The van der Waals surface area contributed by atoms with Gasteiger partial charge in [-0.25, -0.2) is 0 Å². The molecule has 1 fully saturated rings. The Hall–Kier alpha value is -1.90. The highest BCUT2D eigenvalue weighted by atomic mass is 16.2. The van der Waals surface area contributed by atoms with Crippen LogP contribution in [0.25, 0.3) is 0 Å². The van der Waals surface area contributed by atoms with Gasteiger partial charge in [-0.2, -0.15) is 0 Å². The predicted octanol–water partition coefficient (Wildman–Crippen LogP) is 1.37. The summed E-state index contributed by atoms with van der Waals surface area (Å²) in [6.45, 7) is 4.48. The molecule has 0 aliphatic carbocycles. The Kier molecular flexibility index (Phi) is 2.86. The molecule has 1 aromatic carbocycles. The number of nitrogens with zero attached hydrogens (tertiary/aromatic N) is 1. The van der Waals surface area contributed by atoms with E-state index in [9.17, 15) is 9.59 Å². The second-order valence-corrected chi connectivity index (χ2v) is 3.83. The highest BCUT2D eigenvalue weighted by molar-refractivity contribution is 6.40. The molecule has 1 heterocycles. The summed E-state index contributed by atoms with van der Waals surface area (Å²) in [7, 11) is 0. The van der Waals surface area contributed by atoms with Crippen molar-refractivity contribution in [1.29, 1.82) is 0 Å². The fourth-order valence-corrected chi connectivity index (χ4v) is 1.95. The molecule has 0 N–H and O–H groups in total. The Balaban J connectivity index is 2.23. The van der Waals surface area contributed by atoms with E-state index in [0.717, 1.165) is 5.56 Å². The molecule has 0 bridgehead atoms. The maximum absolute atomic E-state index is 11.8. The highest BCUT2D eigenvalue weighted by Crippen LogP contribution is 2.24. The summed E-state index contributed by atoms with van der Waals surface area (Å²) in [5.74, 6) is -1.02. The highest BCUT2D eigenvalue weighted by Gasteiger charge is 2.38. The Morgan fingerprint density at radius 3 is 2.62 bits per heavy atom. The number of hydrogen-bond acceptors (Lipinski definition) is 2. The molecule has 1 unspecified atom stereocenters. The first-order valence-electron chi connectivity index (χ1n) is 5.23. The van der Waals surface area contributed by atoms with Gasteiger partial charge in [0.25, 0.3) is 5.91 Å². The molecular weight excluding hydrogens is 202 g/mol. The lowest BCUT2D eigenvalue weighted by molar-refractivity contribution is -0.140. The Labute approximate surface area is 94.4 Å². The largest absolute Gasteiger partial charge is 0.331 e. The second-order valence-electron chi connectivity index (χ2n) is 3.83. The van der Waals surface area contributed by atoms with Crippen molar-refractivity contribution in [3.63, 3.8) is 0 Å². The first-order valence-corrected chi connectivity index (χ1v) is 5.23. The second kappa shape index (κ2) is 4.31. The van der Waals surface area contributed by atoms with Gasteiger partial charge in [0.05, 0.1) is 5.92 Å². The van der Waals surface area contributed by atoms with E-state index in [4.69, 9.17) is 0 Å². The van der Waals surface area contributed by atoms with Gasteiger partial charge < -0.3 is 4.90 Å². The molecule has 1 aromatic rings. The van der Waals surface area contributed by atoms with E-state index in [2.05, 4.69) is 6.58 Å². The fourth-order valence-electron chi connectivity index (χ4n) is 1.95. The minimum atomic E-state index is -0.395. The lowest BCUT2D eigenvalue weighted by Crippen LogP contribution is -2.27. The van der Waals surface area contributed by atoms with Gasteiger partial charge in [-0.3, -0.25) is 9.59 Å². The van der Waals surface area contributed by atoms with Gasteiger partial charge in [-0.1, -0.05) is 36.4 Å². The van der Waals surface area contributed by atoms with Crippen molar-refractivity contribution in [2.75, 3.05) is 13.1 Å². The number of Topliss-reactive ketones (excluding diaryl/α,β-unsaturated/α-hetero) is 1. The average Bonchev–Trinajstić information content (AvgIpc) is 2.59. The Bertz CT molecular complexity index is 425. The van der Waals surface area contributed by atoms with E-state index in [0.29, 0.717) is 13.1 Å². The van der Waals surface area contributed by atoms with Crippen molar-refractivity contribution < 1.29 is 9.59 Å². The molecule has 0 aromatic heterocycles. The van der Waals surface area contributed by atoms with Crippen molar-refractivity contribution in [3.05, 3.63) is 48.6 Å². The lowest BCUT2D eigenvalue weighted by atomic mass is 9.97. The SMILES string of the molecule is C=CCN1CC(c2ccccc2)C(=O)C1=O. The summed E-state index contributed by atoms with van der Waals surface area (Å²) in [6.07, 6.45) is 1.64. The van der Waals surface area contributed by atoms with E-state index in [-0.39, 0.29) is 11.7 Å². The van der Waals surface area contributed by atoms with Gasteiger partial charge >= 0.3 is 0 Å². The molecule has 0 spiro atoms. The number of ketones is 1. The Morgan fingerprint density at radius 2 is 2.00 bits per heavy atom. The Morgan fingerprint density at radius 1 is 1.31 bits per heavy atom. The van der Waals surface area contributed by atoms with Gasteiger partial charge in [-0.05, 0) is 5.56 Å². The van der Waals surface area contributed by atoms with E-state index in [1.165, 1.54) is 4.90 Å². The summed E-state index contributed by atoms with van der Waals surface area (Å²) in [4.78, 5) is 24.9.